The highest BCUT2D eigenvalue weighted by molar-refractivity contribution is 6.13. The summed E-state index contributed by atoms with van der Waals surface area (Å²) >= 11 is 0. The maximum atomic E-state index is 4.27. The molecule has 0 saturated heterocycles. The Kier molecular flexibility index (Phi) is 8.82. The Morgan fingerprint density at radius 2 is 0.875 bits per heavy atom. The lowest BCUT2D eigenvalue weighted by atomic mass is 9.70. The van der Waals surface area contributed by atoms with E-state index in [0.29, 0.717) is 0 Å². The summed E-state index contributed by atoms with van der Waals surface area (Å²) in [5.41, 5.74) is 22.9. The van der Waals surface area contributed by atoms with Crippen LogP contribution in [0.5, 0.6) is 0 Å². The van der Waals surface area contributed by atoms with Gasteiger partial charge in [0.05, 0.1) is 27.5 Å². The smallest absolute Gasteiger partial charge is 0.0725 e. The minimum Gasteiger partial charge on any atom is -0.310 e. The largest absolute Gasteiger partial charge is 0.310 e. The van der Waals surface area contributed by atoms with Gasteiger partial charge in [0, 0.05) is 32.9 Å². The van der Waals surface area contributed by atoms with Crippen LogP contribution in [0.15, 0.2) is 267 Å². The molecule has 15 rings (SSSR count). The molecule has 0 aliphatic heterocycles. The molecule has 0 atom stereocenters. The molecule has 336 valence electrons. The van der Waals surface area contributed by atoms with Crippen LogP contribution in [-0.2, 0) is 5.41 Å². The van der Waals surface area contributed by atoms with Gasteiger partial charge in [-0.05, 0) is 156 Å². The van der Waals surface area contributed by atoms with Gasteiger partial charge in [-0.2, -0.15) is 0 Å². The zero-order valence-electron chi connectivity index (χ0n) is 39.6. The van der Waals surface area contributed by atoms with Crippen LogP contribution in [0.25, 0.3) is 110 Å². The van der Waals surface area contributed by atoms with Crippen molar-refractivity contribution in [3.63, 3.8) is 0 Å². The minimum absolute atomic E-state index is 0.511. The fourth-order valence-electron chi connectivity index (χ4n) is 12.7. The SMILES string of the molecule is C=C1/C=C\C=C/C/C=C(n2c3ccccc3c3cc(-c4ccc5c(c4)C4(c6ccccc6-c6ccccc64)c4cc(-c6ccc7c(c6)c6ccccc6n7-c6ccc7ccccc7c6)ccc4-5)ccc32)\C=C/1. The summed E-state index contributed by atoms with van der Waals surface area (Å²) in [4.78, 5) is 0. The number of allylic oxidation sites excluding steroid dienone is 9. The molecule has 72 heavy (non-hydrogen) atoms. The van der Waals surface area contributed by atoms with Gasteiger partial charge in [0.1, 0.15) is 0 Å². The fraction of sp³-hybridized carbons (Fsp3) is 0.0286. The third kappa shape index (κ3) is 5.84. The van der Waals surface area contributed by atoms with E-state index >= 15 is 0 Å². The summed E-state index contributed by atoms with van der Waals surface area (Å²) < 4.78 is 4.84. The Bertz CT molecular complexity index is 4400. The van der Waals surface area contributed by atoms with Crippen LogP contribution in [0.4, 0.5) is 0 Å². The van der Waals surface area contributed by atoms with E-state index in [9.17, 15) is 0 Å². The van der Waals surface area contributed by atoms with Gasteiger partial charge in [-0.25, -0.2) is 0 Å². The van der Waals surface area contributed by atoms with Crippen molar-refractivity contribution in [1.29, 1.82) is 0 Å². The molecule has 0 unspecified atom stereocenters. The van der Waals surface area contributed by atoms with Crippen LogP contribution in [0.3, 0.4) is 0 Å². The Labute approximate surface area is 418 Å². The molecular formula is C70H46N2. The predicted octanol–water partition coefficient (Wildman–Crippen LogP) is 18.2. The maximum absolute atomic E-state index is 4.27. The molecule has 1 spiro atoms. The van der Waals surface area contributed by atoms with Crippen molar-refractivity contribution in [2.24, 2.45) is 0 Å². The fourth-order valence-corrected chi connectivity index (χ4v) is 12.7. The van der Waals surface area contributed by atoms with Crippen molar-refractivity contribution >= 4 is 60.1 Å². The van der Waals surface area contributed by atoms with Crippen molar-refractivity contribution in [2.75, 3.05) is 0 Å². The number of fused-ring (bicyclic) bond motifs is 17. The number of nitrogens with zero attached hydrogens (tertiary/aromatic N) is 2. The molecule has 12 aromatic rings. The Balaban J connectivity index is 0.903. The number of para-hydroxylation sites is 2. The van der Waals surface area contributed by atoms with Gasteiger partial charge in [-0.3, -0.25) is 0 Å². The number of rotatable bonds is 4. The second-order valence-electron chi connectivity index (χ2n) is 19.6. The summed E-state index contributed by atoms with van der Waals surface area (Å²) in [6.07, 6.45) is 15.9. The molecule has 2 heterocycles. The normalized spacial score (nSPS) is 16.4. The lowest BCUT2D eigenvalue weighted by Crippen LogP contribution is -2.26. The Morgan fingerprint density at radius 1 is 0.361 bits per heavy atom. The topological polar surface area (TPSA) is 9.86 Å². The van der Waals surface area contributed by atoms with E-state index in [0.717, 1.165) is 17.7 Å². The third-order valence-corrected chi connectivity index (χ3v) is 15.8. The first kappa shape index (κ1) is 40.6. The van der Waals surface area contributed by atoms with E-state index in [1.54, 1.807) is 0 Å². The van der Waals surface area contributed by atoms with Gasteiger partial charge in [0.2, 0.25) is 0 Å². The summed E-state index contributed by atoms with van der Waals surface area (Å²) in [5, 5.41) is 7.46. The standard InChI is InChI=1S/C70H46N2/c1-45-16-4-2-3-5-19-52(34-28-45)71-66-26-14-10-22-58(66)60-41-48(32-38-68(60)71)50-30-36-56-57-37-31-51(44-65(57)70(64(56)43-50)62-24-12-8-20-54(62)55-21-9-13-25-63(55)70)49-33-39-69-61(42-49)59-23-11-15-27-67(59)72(69)53-35-29-46-17-6-7-18-47(46)40-53/h2-4,6-44H,1,5H2/b3-2-,16-4-,34-28-,52-19+. The quantitative estimate of drug-likeness (QED) is 0.166. The molecule has 0 N–H and O–H groups in total. The van der Waals surface area contributed by atoms with Gasteiger partial charge in [-0.15, -0.1) is 0 Å². The maximum Gasteiger partial charge on any atom is 0.0725 e. The highest BCUT2D eigenvalue weighted by Gasteiger charge is 2.51. The van der Waals surface area contributed by atoms with Crippen LogP contribution in [0, 0.1) is 0 Å². The second-order valence-corrected chi connectivity index (χ2v) is 19.6. The molecule has 10 aromatic carbocycles. The molecule has 0 radical (unpaired) electrons. The number of benzene rings is 10. The molecule has 2 aromatic heterocycles. The number of hydrogen-bond donors (Lipinski definition) is 0. The first-order chi connectivity index (χ1) is 35.6. The molecule has 2 nitrogen and oxygen atoms in total. The van der Waals surface area contributed by atoms with Crippen LogP contribution in [0.2, 0.25) is 0 Å². The Hall–Kier alpha value is -9.24. The zero-order valence-corrected chi connectivity index (χ0v) is 39.6. The molecule has 3 aliphatic carbocycles. The van der Waals surface area contributed by atoms with Gasteiger partial charge in [0.25, 0.3) is 0 Å². The van der Waals surface area contributed by atoms with Crippen molar-refractivity contribution < 1.29 is 0 Å². The van der Waals surface area contributed by atoms with Crippen molar-refractivity contribution in [1.82, 2.24) is 9.13 Å². The van der Waals surface area contributed by atoms with Crippen LogP contribution >= 0.6 is 0 Å². The highest BCUT2D eigenvalue weighted by atomic mass is 15.0. The van der Waals surface area contributed by atoms with Gasteiger partial charge < -0.3 is 9.13 Å². The molecule has 2 heteroatoms. The van der Waals surface area contributed by atoms with Crippen LogP contribution in [-0.4, -0.2) is 9.13 Å². The first-order valence-electron chi connectivity index (χ1n) is 25.1. The molecule has 0 saturated carbocycles. The molecule has 0 bridgehead atoms. The van der Waals surface area contributed by atoms with Crippen LogP contribution in [0.1, 0.15) is 28.7 Å². The van der Waals surface area contributed by atoms with Crippen molar-refractivity contribution in [2.45, 2.75) is 11.8 Å². The van der Waals surface area contributed by atoms with E-state index in [1.165, 1.54) is 127 Å². The van der Waals surface area contributed by atoms with Gasteiger partial charge in [-0.1, -0.05) is 195 Å². The Morgan fingerprint density at radius 3 is 1.54 bits per heavy atom. The average molecular weight is 915 g/mol. The molecule has 0 fully saturated rings. The van der Waals surface area contributed by atoms with E-state index in [-0.39, 0.29) is 0 Å². The van der Waals surface area contributed by atoms with Gasteiger partial charge in [0.15, 0.2) is 0 Å². The molecular weight excluding hydrogens is 869 g/mol. The number of hydrogen-bond acceptors (Lipinski definition) is 0. The zero-order chi connectivity index (χ0) is 47.5. The van der Waals surface area contributed by atoms with Crippen molar-refractivity contribution in [3.8, 4) is 50.2 Å². The third-order valence-electron chi connectivity index (χ3n) is 15.8. The summed E-state index contributed by atoms with van der Waals surface area (Å²) in [6.45, 7) is 4.27. The lowest BCUT2D eigenvalue weighted by molar-refractivity contribution is 0.794. The van der Waals surface area contributed by atoms with Gasteiger partial charge >= 0.3 is 0 Å². The molecule has 3 aliphatic rings. The highest BCUT2D eigenvalue weighted by Crippen LogP contribution is 2.63. The minimum atomic E-state index is -0.511. The summed E-state index contributed by atoms with van der Waals surface area (Å²) in [5.74, 6) is 0. The van der Waals surface area contributed by atoms with Crippen LogP contribution < -0.4 is 0 Å². The van der Waals surface area contributed by atoms with E-state index in [2.05, 4.69) is 271 Å². The first-order valence-corrected chi connectivity index (χ1v) is 25.1. The second kappa shape index (κ2) is 15.6. The lowest BCUT2D eigenvalue weighted by Gasteiger charge is -2.31. The van der Waals surface area contributed by atoms with E-state index in [4.69, 9.17) is 0 Å². The average Bonchev–Trinajstić information content (AvgIpc) is 4.14. The van der Waals surface area contributed by atoms with Crippen molar-refractivity contribution in [3.05, 3.63) is 289 Å². The summed E-state index contributed by atoms with van der Waals surface area (Å²) in [6, 6.07) is 80.0. The van der Waals surface area contributed by atoms with E-state index in [1.807, 2.05) is 0 Å². The summed E-state index contributed by atoms with van der Waals surface area (Å²) in [7, 11) is 0. The number of aromatic nitrogens is 2. The molecule has 0 amide bonds. The predicted molar refractivity (Wildman–Crippen MR) is 304 cm³/mol. The van der Waals surface area contributed by atoms with E-state index < -0.39 is 5.41 Å². The monoisotopic (exact) mass is 914 g/mol.